The van der Waals surface area contributed by atoms with Crippen LogP contribution in [0.4, 0.5) is 0 Å². The van der Waals surface area contributed by atoms with Crippen molar-refractivity contribution in [1.82, 2.24) is 15.0 Å². The topological polar surface area (TPSA) is 58.9 Å². The molecule has 0 aliphatic carbocycles. The number of nitrogens with zero attached hydrogens (tertiary/aromatic N) is 3. The number of phenols is 1. The van der Waals surface area contributed by atoms with Crippen LogP contribution < -0.4 is 0 Å². The number of aromatic nitrogens is 3. The Morgan fingerprint density at radius 2 is 1.17 bits per heavy atom. The number of rotatable bonds is 3. The standard InChI is InChI=1S/C24H19Cl2N3O/c1-13-4-7-18(20(26)10-13)23-27-22(17-9-6-16(25)12-15(17)3)28-24(29-23)19-8-5-14(2)11-21(19)30/h4-12,30H,1-3H3. The van der Waals surface area contributed by atoms with Crippen LogP contribution in [0.2, 0.25) is 10.0 Å². The molecule has 0 atom stereocenters. The third-order valence-electron chi connectivity index (χ3n) is 4.82. The maximum absolute atomic E-state index is 10.5. The lowest BCUT2D eigenvalue weighted by Crippen LogP contribution is -2.01. The highest BCUT2D eigenvalue weighted by Gasteiger charge is 2.17. The van der Waals surface area contributed by atoms with Gasteiger partial charge < -0.3 is 5.11 Å². The van der Waals surface area contributed by atoms with Crippen LogP contribution in [0.25, 0.3) is 34.2 Å². The Labute approximate surface area is 185 Å². The monoisotopic (exact) mass is 435 g/mol. The number of hydrogen-bond acceptors (Lipinski definition) is 4. The zero-order valence-electron chi connectivity index (χ0n) is 16.7. The highest BCUT2D eigenvalue weighted by atomic mass is 35.5. The van der Waals surface area contributed by atoms with Crippen molar-refractivity contribution in [3.63, 3.8) is 0 Å². The first-order valence-electron chi connectivity index (χ1n) is 9.41. The summed E-state index contributed by atoms with van der Waals surface area (Å²) in [5, 5.41) is 11.7. The molecule has 30 heavy (non-hydrogen) atoms. The van der Waals surface area contributed by atoms with E-state index in [0.29, 0.717) is 38.6 Å². The second-order valence-electron chi connectivity index (χ2n) is 7.27. The minimum absolute atomic E-state index is 0.112. The van der Waals surface area contributed by atoms with Gasteiger partial charge in [0.2, 0.25) is 0 Å². The molecule has 4 nitrogen and oxygen atoms in total. The smallest absolute Gasteiger partial charge is 0.167 e. The lowest BCUT2D eigenvalue weighted by molar-refractivity contribution is 0.476. The molecule has 1 N–H and O–H groups in total. The van der Waals surface area contributed by atoms with Crippen molar-refractivity contribution in [2.24, 2.45) is 0 Å². The van der Waals surface area contributed by atoms with Gasteiger partial charge in [0.05, 0.1) is 10.6 Å². The Balaban J connectivity index is 1.98. The van der Waals surface area contributed by atoms with E-state index in [1.165, 1.54) is 0 Å². The summed E-state index contributed by atoms with van der Waals surface area (Å²) in [4.78, 5) is 14.0. The van der Waals surface area contributed by atoms with Gasteiger partial charge in [-0.2, -0.15) is 0 Å². The van der Waals surface area contributed by atoms with Gasteiger partial charge in [-0.3, -0.25) is 0 Å². The Hall–Kier alpha value is -2.95. The van der Waals surface area contributed by atoms with Crippen molar-refractivity contribution >= 4 is 23.2 Å². The second-order valence-corrected chi connectivity index (χ2v) is 8.11. The van der Waals surface area contributed by atoms with Crippen molar-refractivity contribution < 1.29 is 5.11 Å². The largest absolute Gasteiger partial charge is 0.507 e. The van der Waals surface area contributed by atoms with Gasteiger partial charge in [0.25, 0.3) is 0 Å². The van der Waals surface area contributed by atoms with Crippen molar-refractivity contribution in [2.45, 2.75) is 20.8 Å². The van der Waals surface area contributed by atoms with Gasteiger partial charge in [-0.25, -0.2) is 15.0 Å². The van der Waals surface area contributed by atoms with Gasteiger partial charge in [0.15, 0.2) is 17.5 Å². The molecule has 1 heterocycles. The third kappa shape index (κ3) is 4.02. The first-order valence-corrected chi connectivity index (χ1v) is 10.2. The zero-order valence-corrected chi connectivity index (χ0v) is 18.3. The van der Waals surface area contributed by atoms with Crippen LogP contribution in [0.1, 0.15) is 16.7 Å². The summed E-state index contributed by atoms with van der Waals surface area (Å²) in [6.07, 6.45) is 0. The van der Waals surface area contributed by atoms with Crippen LogP contribution in [0.3, 0.4) is 0 Å². The first-order chi connectivity index (χ1) is 14.3. The molecule has 0 aliphatic rings. The summed E-state index contributed by atoms with van der Waals surface area (Å²) in [6.45, 7) is 5.84. The average molecular weight is 436 g/mol. The molecule has 0 aliphatic heterocycles. The van der Waals surface area contributed by atoms with E-state index < -0.39 is 0 Å². The van der Waals surface area contributed by atoms with E-state index in [1.54, 1.807) is 18.2 Å². The van der Waals surface area contributed by atoms with E-state index in [2.05, 4.69) is 9.97 Å². The molecule has 0 amide bonds. The predicted octanol–water partition coefficient (Wildman–Crippen LogP) is 6.81. The van der Waals surface area contributed by atoms with Gasteiger partial charge in [0.1, 0.15) is 5.75 Å². The van der Waals surface area contributed by atoms with Gasteiger partial charge in [-0.05, 0) is 79.9 Å². The Kier molecular flexibility index (Phi) is 5.46. The highest BCUT2D eigenvalue weighted by Crippen LogP contribution is 2.33. The van der Waals surface area contributed by atoms with Crippen molar-refractivity contribution in [3.05, 3.63) is 81.3 Å². The molecule has 0 spiro atoms. The molecule has 1 aromatic heterocycles. The predicted molar refractivity (Wildman–Crippen MR) is 122 cm³/mol. The molecular formula is C24H19Cl2N3O. The maximum atomic E-state index is 10.5. The molecule has 0 bridgehead atoms. The van der Waals surface area contributed by atoms with Crippen molar-refractivity contribution in [2.75, 3.05) is 0 Å². The summed E-state index contributed by atoms with van der Waals surface area (Å²) in [7, 11) is 0. The SMILES string of the molecule is Cc1ccc(-c2nc(-c3ccc(Cl)cc3C)nc(-c3ccc(C)cc3Cl)n2)c(O)c1. The number of halogens is 2. The first kappa shape index (κ1) is 20.3. The molecule has 0 unspecified atom stereocenters. The van der Waals surface area contributed by atoms with E-state index in [0.717, 1.165) is 22.3 Å². The van der Waals surface area contributed by atoms with E-state index in [9.17, 15) is 5.11 Å². The molecule has 0 radical (unpaired) electrons. The zero-order chi connectivity index (χ0) is 21.4. The number of aromatic hydroxyl groups is 1. The Bertz CT molecular complexity index is 1100. The quantitative estimate of drug-likeness (QED) is 0.383. The lowest BCUT2D eigenvalue weighted by atomic mass is 10.1. The number of aryl methyl sites for hydroxylation is 3. The number of hydrogen-bond donors (Lipinski definition) is 1. The van der Waals surface area contributed by atoms with Crippen LogP contribution in [-0.4, -0.2) is 20.1 Å². The number of phenolic OH excluding ortho intramolecular Hbond substituents is 1. The fourth-order valence-electron chi connectivity index (χ4n) is 3.25. The van der Waals surface area contributed by atoms with Crippen LogP contribution >= 0.6 is 23.2 Å². The van der Waals surface area contributed by atoms with Crippen LogP contribution in [0.15, 0.2) is 54.6 Å². The summed E-state index contributed by atoms with van der Waals surface area (Å²) in [6, 6.07) is 16.7. The molecule has 4 rings (SSSR count). The third-order valence-corrected chi connectivity index (χ3v) is 5.37. The maximum Gasteiger partial charge on any atom is 0.167 e. The van der Waals surface area contributed by atoms with Crippen molar-refractivity contribution in [1.29, 1.82) is 0 Å². The fourth-order valence-corrected chi connectivity index (χ4v) is 3.79. The van der Waals surface area contributed by atoms with E-state index in [4.69, 9.17) is 28.2 Å². The Morgan fingerprint density at radius 3 is 1.77 bits per heavy atom. The second kappa shape index (κ2) is 8.05. The molecule has 150 valence electrons. The number of benzene rings is 3. The lowest BCUT2D eigenvalue weighted by Gasteiger charge is -2.12. The molecule has 0 fully saturated rings. The van der Waals surface area contributed by atoms with Crippen LogP contribution in [0.5, 0.6) is 5.75 Å². The molecule has 0 saturated carbocycles. The molecule has 0 saturated heterocycles. The normalized spacial score (nSPS) is 11.0. The van der Waals surface area contributed by atoms with E-state index in [-0.39, 0.29) is 5.75 Å². The summed E-state index contributed by atoms with van der Waals surface area (Å²) in [5.74, 6) is 1.41. The summed E-state index contributed by atoms with van der Waals surface area (Å²) >= 11 is 12.6. The van der Waals surface area contributed by atoms with Gasteiger partial charge in [-0.15, -0.1) is 0 Å². The van der Waals surface area contributed by atoms with E-state index in [1.807, 2.05) is 57.2 Å². The molecular weight excluding hydrogens is 417 g/mol. The molecule has 3 aromatic carbocycles. The summed E-state index contributed by atoms with van der Waals surface area (Å²) < 4.78 is 0. The van der Waals surface area contributed by atoms with Gasteiger partial charge in [0, 0.05) is 16.1 Å². The minimum Gasteiger partial charge on any atom is -0.507 e. The van der Waals surface area contributed by atoms with Crippen molar-refractivity contribution in [3.8, 4) is 39.9 Å². The Morgan fingerprint density at radius 1 is 0.633 bits per heavy atom. The van der Waals surface area contributed by atoms with Crippen LogP contribution in [-0.2, 0) is 0 Å². The molecule has 6 heteroatoms. The van der Waals surface area contributed by atoms with Gasteiger partial charge >= 0.3 is 0 Å². The minimum atomic E-state index is 0.112. The molecule has 4 aromatic rings. The summed E-state index contributed by atoms with van der Waals surface area (Å²) in [5.41, 5.74) is 4.99. The average Bonchev–Trinajstić information content (AvgIpc) is 2.67. The fraction of sp³-hybridized carbons (Fsp3) is 0.125. The van der Waals surface area contributed by atoms with Crippen LogP contribution in [0, 0.1) is 20.8 Å². The highest BCUT2D eigenvalue weighted by molar-refractivity contribution is 6.33. The van der Waals surface area contributed by atoms with Gasteiger partial charge in [-0.1, -0.05) is 35.3 Å². The van der Waals surface area contributed by atoms with E-state index >= 15 is 0 Å².